The Morgan fingerprint density at radius 2 is 1.92 bits per heavy atom. The zero-order valence-electron chi connectivity index (χ0n) is 21.0. The molecule has 4 atom stereocenters. The summed E-state index contributed by atoms with van der Waals surface area (Å²) in [5.41, 5.74) is 2.87. The van der Waals surface area contributed by atoms with Gasteiger partial charge in [0.15, 0.2) is 0 Å². The van der Waals surface area contributed by atoms with E-state index < -0.39 is 28.7 Å². The molecule has 0 bridgehead atoms. The van der Waals surface area contributed by atoms with Crippen molar-refractivity contribution in [2.24, 2.45) is 11.8 Å². The second-order valence-electron chi connectivity index (χ2n) is 10.2. The van der Waals surface area contributed by atoms with Crippen LogP contribution < -0.4 is 10.2 Å². The van der Waals surface area contributed by atoms with Gasteiger partial charge in [-0.15, -0.1) is 11.3 Å². The number of thiazole rings is 1. The van der Waals surface area contributed by atoms with Crippen LogP contribution in [0.1, 0.15) is 49.7 Å². The van der Waals surface area contributed by atoms with E-state index in [1.54, 1.807) is 11.3 Å². The number of anilines is 1. The largest absolute Gasteiger partial charge is 0.368 e. The number of nitrogens with zero attached hydrogens (tertiary/aromatic N) is 3. The van der Waals surface area contributed by atoms with E-state index in [-0.39, 0.29) is 24.2 Å². The lowest BCUT2D eigenvalue weighted by Gasteiger charge is -2.41. The number of carbonyl (C=O) groups is 1. The van der Waals surface area contributed by atoms with Crippen molar-refractivity contribution in [2.45, 2.75) is 58.2 Å². The minimum absolute atomic E-state index is 0.0368. The van der Waals surface area contributed by atoms with Crippen molar-refractivity contribution in [3.05, 3.63) is 35.0 Å². The maximum atomic E-state index is 14.5. The highest BCUT2D eigenvalue weighted by Crippen LogP contribution is 2.45. The van der Waals surface area contributed by atoms with Gasteiger partial charge in [0.2, 0.25) is 5.91 Å². The maximum absolute atomic E-state index is 14.5. The van der Waals surface area contributed by atoms with Crippen molar-refractivity contribution in [1.82, 2.24) is 10.3 Å². The molecule has 1 aromatic carbocycles. The molecule has 2 aliphatic rings. The normalized spacial score (nSPS) is 25.7. The zero-order valence-corrected chi connectivity index (χ0v) is 22.6. The van der Waals surface area contributed by atoms with Gasteiger partial charge in [0.25, 0.3) is 0 Å². The molecule has 2 fully saturated rings. The fraction of sp³-hybridized carbons (Fsp3) is 0.577. The van der Waals surface area contributed by atoms with Gasteiger partial charge in [-0.1, -0.05) is 26.0 Å². The van der Waals surface area contributed by atoms with Crippen LogP contribution in [0, 0.1) is 30.1 Å². The van der Waals surface area contributed by atoms with E-state index in [9.17, 15) is 23.6 Å². The van der Waals surface area contributed by atoms with Crippen LogP contribution in [0.15, 0.2) is 24.3 Å². The first-order chi connectivity index (χ1) is 17.1. The summed E-state index contributed by atoms with van der Waals surface area (Å²) in [4.78, 5) is 21.2. The minimum Gasteiger partial charge on any atom is -0.368 e. The molecule has 2 heterocycles. The number of alkyl halides is 1. The molecule has 0 radical (unpaired) electrons. The summed E-state index contributed by atoms with van der Waals surface area (Å²) in [6.45, 7) is 6.92. The lowest BCUT2D eigenvalue weighted by atomic mass is 9.75. The molecule has 36 heavy (non-hydrogen) atoms. The van der Waals surface area contributed by atoms with Crippen molar-refractivity contribution in [2.75, 3.05) is 29.5 Å². The number of hydrogen-bond donors (Lipinski definition) is 3. The van der Waals surface area contributed by atoms with Crippen LogP contribution in [-0.2, 0) is 4.79 Å². The molecule has 1 saturated heterocycles. The minimum atomic E-state index is -2.45. The van der Waals surface area contributed by atoms with E-state index in [0.29, 0.717) is 37.4 Å². The number of hydrogen-bond acceptors (Lipinski definition) is 7. The van der Waals surface area contributed by atoms with Crippen LogP contribution >= 0.6 is 21.9 Å². The van der Waals surface area contributed by atoms with E-state index in [4.69, 9.17) is 4.98 Å². The Labute approximate surface area is 218 Å². The predicted octanol–water partition coefficient (Wildman–Crippen LogP) is 5.58. The molecule has 1 aliphatic carbocycles. The number of rotatable bonds is 6. The van der Waals surface area contributed by atoms with Crippen molar-refractivity contribution in [1.29, 1.82) is 5.26 Å². The van der Waals surface area contributed by atoms with Gasteiger partial charge in [0.1, 0.15) is 12.2 Å². The number of benzene rings is 1. The molecule has 7 nitrogen and oxygen atoms in total. The Morgan fingerprint density at radius 1 is 1.25 bits per heavy atom. The number of nitriles is 1. The average molecular weight is 535 g/mol. The van der Waals surface area contributed by atoms with Crippen LogP contribution in [0.25, 0.3) is 10.4 Å². The van der Waals surface area contributed by atoms with Crippen LogP contribution in [0.3, 0.4) is 0 Å². The first-order valence-electron chi connectivity index (χ1n) is 12.5. The molecule has 4 rings (SSSR count). The summed E-state index contributed by atoms with van der Waals surface area (Å²) in [5.74, 6) is -0.323. The first-order valence-corrected chi connectivity index (χ1v) is 15.2. The van der Waals surface area contributed by atoms with E-state index in [2.05, 4.69) is 16.3 Å². The molecular weight excluding hydrogens is 499 g/mol. The van der Waals surface area contributed by atoms with Gasteiger partial charge >= 0.3 is 0 Å². The topological polar surface area (TPSA) is 109 Å². The average Bonchev–Trinajstić information content (AvgIpc) is 3.23. The second-order valence-corrected chi connectivity index (χ2v) is 13.8. The Balaban J connectivity index is 1.58. The number of aromatic nitrogens is 1. The van der Waals surface area contributed by atoms with Gasteiger partial charge in [0, 0.05) is 30.6 Å². The molecule has 1 saturated carbocycles. The standard InChI is InChI=1S/C26H35FN4O3S2/c1-16(2)23(15-28)30-26(32)22-14-19(27)6-9-21(22)24-25(35-17(3)29-24)18-4-7-20(8-5-18)31-10-12-36(33,34)13-11-31/h4-5,7-8,16,19,21-23,33-34H,6,9-14H2,1-3H3,(H,30,32)/t19-,21+,22+,23+/m0/s1. The molecule has 2 aromatic rings. The summed E-state index contributed by atoms with van der Waals surface area (Å²) in [6.07, 6.45) is 0.0216. The second kappa shape index (κ2) is 11.1. The summed E-state index contributed by atoms with van der Waals surface area (Å²) < 4.78 is 34.2. The molecule has 196 valence electrons. The summed E-state index contributed by atoms with van der Waals surface area (Å²) in [5, 5.41) is 13.2. The number of nitrogens with one attached hydrogen (secondary N) is 1. The third-order valence-corrected chi connectivity index (χ3v) is 9.92. The SMILES string of the molecule is Cc1nc([C@@H]2CC[C@H](F)C[C@H]2C(=O)N[C@H](C#N)C(C)C)c(-c2ccc(N3CCS(O)(O)CC3)cc2)s1. The Kier molecular flexibility index (Phi) is 8.25. The molecule has 0 unspecified atom stereocenters. The number of amides is 1. The predicted molar refractivity (Wildman–Crippen MR) is 144 cm³/mol. The van der Waals surface area contributed by atoms with E-state index >= 15 is 0 Å². The lowest BCUT2D eigenvalue weighted by Crippen LogP contribution is -2.44. The molecular formula is C26H35FN4O3S2. The molecule has 1 aromatic heterocycles. The van der Waals surface area contributed by atoms with Crippen LogP contribution in [0.4, 0.5) is 10.1 Å². The summed E-state index contributed by atoms with van der Waals surface area (Å²) in [7, 11) is -2.45. The van der Waals surface area contributed by atoms with Crippen molar-refractivity contribution >= 4 is 33.5 Å². The molecule has 0 spiro atoms. The quantitative estimate of drug-likeness (QED) is 0.447. The van der Waals surface area contributed by atoms with Crippen molar-refractivity contribution in [3.63, 3.8) is 0 Å². The Hall–Kier alpha value is -2.19. The van der Waals surface area contributed by atoms with Crippen LogP contribution in [-0.4, -0.2) is 56.8 Å². The Morgan fingerprint density at radius 3 is 2.53 bits per heavy atom. The Bertz CT molecular complexity index is 1110. The maximum Gasteiger partial charge on any atom is 0.224 e. The highest BCUT2D eigenvalue weighted by Gasteiger charge is 2.39. The van der Waals surface area contributed by atoms with Gasteiger partial charge in [0.05, 0.1) is 33.2 Å². The smallest absolute Gasteiger partial charge is 0.224 e. The van der Waals surface area contributed by atoms with Gasteiger partial charge in [-0.3, -0.25) is 13.9 Å². The van der Waals surface area contributed by atoms with Gasteiger partial charge < -0.3 is 10.2 Å². The van der Waals surface area contributed by atoms with E-state index in [1.165, 1.54) is 0 Å². The van der Waals surface area contributed by atoms with Gasteiger partial charge in [-0.25, -0.2) is 9.37 Å². The number of carbonyl (C=O) groups excluding carboxylic acids is 1. The third kappa shape index (κ3) is 6.02. The summed E-state index contributed by atoms with van der Waals surface area (Å²) in [6, 6.07) is 9.69. The fourth-order valence-corrected chi connectivity index (χ4v) is 7.28. The highest BCUT2D eigenvalue weighted by molar-refractivity contribution is 8.24. The monoisotopic (exact) mass is 534 g/mol. The zero-order chi connectivity index (χ0) is 26.0. The molecule has 3 N–H and O–H groups in total. The van der Waals surface area contributed by atoms with Crippen LogP contribution in [0.5, 0.6) is 0 Å². The number of halogens is 1. The summed E-state index contributed by atoms with van der Waals surface area (Å²) >= 11 is 1.57. The number of aryl methyl sites for hydroxylation is 1. The van der Waals surface area contributed by atoms with Gasteiger partial charge in [-0.05, 0) is 49.8 Å². The van der Waals surface area contributed by atoms with E-state index in [0.717, 1.165) is 26.8 Å². The lowest BCUT2D eigenvalue weighted by molar-refractivity contribution is -0.128. The molecule has 1 aliphatic heterocycles. The van der Waals surface area contributed by atoms with Crippen LogP contribution in [0.2, 0.25) is 0 Å². The third-order valence-electron chi connectivity index (χ3n) is 7.21. The van der Waals surface area contributed by atoms with E-state index in [1.807, 2.05) is 45.0 Å². The van der Waals surface area contributed by atoms with Crippen molar-refractivity contribution in [3.8, 4) is 16.5 Å². The fourth-order valence-electron chi connectivity index (χ4n) is 5.05. The van der Waals surface area contributed by atoms with Gasteiger partial charge in [-0.2, -0.15) is 15.9 Å². The highest BCUT2D eigenvalue weighted by atomic mass is 32.3. The molecule has 1 amide bonds. The van der Waals surface area contributed by atoms with Crippen molar-refractivity contribution < 1.29 is 18.3 Å². The molecule has 10 heteroatoms. The first kappa shape index (κ1) is 26.9.